The van der Waals surface area contributed by atoms with Crippen molar-refractivity contribution in [3.05, 3.63) is 24.3 Å². The predicted molar refractivity (Wildman–Crippen MR) is 68.7 cm³/mol. The Morgan fingerprint density at radius 1 is 1.47 bits per heavy atom. The Balaban J connectivity index is 2.85. The fourth-order valence-electron chi connectivity index (χ4n) is 1.51. The lowest BCUT2D eigenvalue weighted by atomic mass is 10.2. The van der Waals surface area contributed by atoms with E-state index >= 15 is 0 Å². The Hall–Kier alpha value is -1.91. The van der Waals surface area contributed by atoms with Gasteiger partial charge in [-0.25, -0.2) is 0 Å². The first-order chi connectivity index (χ1) is 8.22. The zero-order valence-electron chi connectivity index (χ0n) is 10.2. The molecule has 17 heavy (non-hydrogen) atoms. The van der Waals surface area contributed by atoms with Crippen molar-refractivity contribution in [2.75, 3.05) is 11.9 Å². The number of hydrogen-bond acceptors (Lipinski definition) is 4. The second kappa shape index (κ2) is 6.62. The average Bonchev–Trinajstić information content (AvgIpc) is 2.37. The quantitative estimate of drug-likeness (QED) is 0.306. The fraction of sp³-hybridized carbons (Fsp3) is 0.417. The molecule has 0 aliphatic heterocycles. The summed E-state index contributed by atoms with van der Waals surface area (Å²) < 4.78 is 5.49. The van der Waals surface area contributed by atoms with Crippen molar-refractivity contribution >= 4 is 11.5 Å². The Morgan fingerprint density at radius 3 is 2.76 bits per heavy atom. The van der Waals surface area contributed by atoms with Gasteiger partial charge >= 0.3 is 0 Å². The van der Waals surface area contributed by atoms with Crippen LogP contribution < -0.4 is 15.8 Å². The first kappa shape index (κ1) is 13.2. The van der Waals surface area contributed by atoms with Gasteiger partial charge in [0.25, 0.3) is 0 Å². The first-order valence-corrected chi connectivity index (χ1v) is 5.68. The van der Waals surface area contributed by atoms with E-state index in [1.165, 1.54) is 0 Å². The highest BCUT2D eigenvalue weighted by atomic mass is 16.5. The summed E-state index contributed by atoms with van der Waals surface area (Å²) in [6.45, 7) is 4.48. The number of ether oxygens (including phenoxy) is 1. The molecule has 0 bridgehead atoms. The molecule has 0 aliphatic rings. The van der Waals surface area contributed by atoms with Crippen LogP contribution in [0.2, 0.25) is 0 Å². The Labute approximate surface area is 101 Å². The molecule has 0 amide bonds. The van der Waals surface area contributed by atoms with E-state index in [1.807, 2.05) is 38.1 Å². The first-order valence-electron chi connectivity index (χ1n) is 5.68. The van der Waals surface area contributed by atoms with Gasteiger partial charge in [0.1, 0.15) is 5.75 Å². The molecule has 0 saturated carbocycles. The van der Waals surface area contributed by atoms with Crippen LogP contribution >= 0.6 is 0 Å². The number of benzene rings is 1. The molecule has 94 valence electrons. The molecule has 1 unspecified atom stereocenters. The number of oxime groups is 1. The van der Waals surface area contributed by atoms with Crippen LogP contribution in [0.25, 0.3) is 0 Å². The van der Waals surface area contributed by atoms with Crippen molar-refractivity contribution in [3.63, 3.8) is 0 Å². The van der Waals surface area contributed by atoms with Crippen molar-refractivity contribution in [3.8, 4) is 5.75 Å². The van der Waals surface area contributed by atoms with Crippen LogP contribution in [0, 0.1) is 0 Å². The lowest BCUT2D eigenvalue weighted by Gasteiger charge is -2.19. The minimum absolute atomic E-state index is 0.166. The molecular weight excluding hydrogens is 218 g/mol. The number of nitrogens with one attached hydrogen (secondary N) is 1. The van der Waals surface area contributed by atoms with Gasteiger partial charge in [0, 0.05) is 0 Å². The molecule has 0 aromatic heterocycles. The Bertz CT molecular complexity index is 380. The van der Waals surface area contributed by atoms with Crippen molar-refractivity contribution in [2.45, 2.75) is 26.3 Å². The van der Waals surface area contributed by atoms with Crippen LogP contribution in [0.1, 0.15) is 20.3 Å². The van der Waals surface area contributed by atoms with Crippen LogP contribution in [0.15, 0.2) is 29.4 Å². The molecule has 0 heterocycles. The summed E-state index contributed by atoms with van der Waals surface area (Å²) in [7, 11) is 0. The van der Waals surface area contributed by atoms with Crippen molar-refractivity contribution in [1.29, 1.82) is 0 Å². The SMILES string of the molecule is CCOc1ccccc1NC(CC)C(N)=NO. The smallest absolute Gasteiger partial charge is 0.161 e. The number of nitrogens with zero attached hydrogens (tertiary/aromatic N) is 1. The monoisotopic (exact) mass is 237 g/mol. The minimum atomic E-state index is -0.207. The van der Waals surface area contributed by atoms with E-state index < -0.39 is 0 Å². The molecular formula is C12H19N3O2. The van der Waals surface area contributed by atoms with Gasteiger partial charge in [0.05, 0.1) is 18.3 Å². The highest BCUT2D eigenvalue weighted by Gasteiger charge is 2.13. The number of nitrogens with two attached hydrogens (primary N) is 1. The fourth-order valence-corrected chi connectivity index (χ4v) is 1.51. The number of rotatable bonds is 6. The maximum Gasteiger partial charge on any atom is 0.161 e. The molecule has 1 aromatic carbocycles. The molecule has 0 fully saturated rings. The van der Waals surface area contributed by atoms with Gasteiger partial charge in [-0.15, -0.1) is 0 Å². The zero-order chi connectivity index (χ0) is 12.7. The van der Waals surface area contributed by atoms with E-state index in [9.17, 15) is 0 Å². The third kappa shape index (κ3) is 3.55. The Morgan fingerprint density at radius 2 is 2.18 bits per heavy atom. The third-order valence-electron chi connectivity index (χ3n) is 2.40. The molecule has 5 nitrogen and oxygen atoms in total. The summed E-state index contributed by atoms with van der Waals surface area (Å²) in [5, 5.41) is 14.9. The van der Waals surface area contributed by atoms with E-state index in [1.54, 1.807) is 0 Å². The van der Waals surface area contributed by atoms with Crippen LogP contribution in [0.4, 0.5) is 5.69 Å². The molecule has 5 heteroatoms. The lowest BCUT2D eigenvalue weighted by molar-refractivity contribution is 0.316. The van der Waals surface area contributed by atoms with Gasteiger partial charge in [-0.05, 0) is 25.5 Å². The van der Waals surface area contributed by atoms with Crippen molar-refractivity contribution < 1.29 is 9.94 Å². The topological polar surface area (TPSA) is 79.9 Å². The normalized spacial score (nSPS) is 13.2. The third-order valence-corrected chi connectivity index (χ3v) is 2.40. The number of anilines is 1. The van der Waals surface area contributed by atoms with Gasteiger partial charge in [0.15, 0.2) is 5.84 Å². The number of amidine groups is 1. The molecule has 0 aliphatic carbocycles. The summed E-state index contributed by atoms with van der Waals surface area (Å²) >= 11 is 0. The summed E-state index contributed by atoms with van der Waals surface area (Å²) in [4.78, 5) is 0. The summed E-state index contributed by atoms with van der Waals surface area (Å²) in [5.74, 6) is 0.929. The summed E-state index contributed by atoms with van der Waals surface area (Å²) in [5.41, 5.74) is 6.44. The highest BCUT2D eigenvalue weighted by Crippen LogP contribution is 2.24. The predicted octanol–water partition coefficient (Wildman–Crippen LogP) is 2.02. The minimum Gasteiger partial charge on any atom is -0.492 e. The van der Waals surface area contributed by atoms with Crippen LogP contribution in [-0.4, -0.2) is 23.7 Å². The maximum atomic E-state index is 8.68. The molecule has 0 saturated heterocycles. The van der Waals surface area contributed by atoms with Crippen LogP contribution in [0.5, 0.6) is 5.75 Å². The summed E-state index contributed by atoms with van der Waals surface area (Å²) in [6, 6.07) is 7.38. The molecule has 0 spiro atoms. The van der Waals surface area contributed by atoms with Gasteiger partial charge in [-0.2, -0.15) is 0 Å². The zero-order valence-corrected chi connectivity index (χ0v) is 10.2. The average molecular weight is 237 g/mol. The van der Waals surface area contributed by atoms with Crippen LogP contribution in [-0.2, 0) is 0 Å². The number of hydrogen-bond donors (Lipinski definition) is 3. The largest absolute Gasteiger partial charge is 0.492 e. The molecule has 4 N–H and O–H groups in total. The van der Waals surface area contributed by atoms with Gasteiger partial charge in [-0.1, -0.05) is 24.2 Å². The maximum absolute atomic E-state index is 8.68. The highest BCUT2D eigenvalue weighted by molar-refractivity contribution is 5.88. The van der Waals surface area contributed by atoms with E-state index in [-0.39, 0.29) is 11.9 Å². The van der Waals surface area contributed by atoms with Gasteiger partial charge in [-0.3, -0.25) is 0 Å². The van der Waals surface area contributed by atoms with E-state index in [0.29, 0.717) is 6.61 Å². The number of para-hydroxylation sites is 2. The summed E-state index contributed by atoms with van der Waals surface area (Å²) in [6.07, 6.45) is 0.719. The van der Waals surface area contributed by atoms with Crippen molar-refractivity contribution in [2.24, 2.45) is 10.9 Å². The van der Waals surface area contributed by atoms with Crippen LogP contribution in [0.3, 0.4) is 0 Å². The van der Waals surface area contributed by atoms with Gasteiger partial charge in [0.2, 0.25) is 0 Å². The standard InChI is InChI=1S/C12H19N3O2/c1-3-9(12(13)15-16)14-10-7-5-6-8-11(10)17-4-2/h5-9,14,16H,3-4H2,1-2H3,(H2,13,15). The molecule has 0 radical (unpaired) electrons. The van der Waals surface area contributed by atoms with Gasteiger partial charge < -0.3 is 21.0 Å². The molecule has 1 rings (SSSR count). The van der Waals surface area contributed by atoms with E-state index in [0.717, 1.165) is 17.9 Å². The Kier molecular flexibility index (Phi) is 5.13. The van der Waals surface area contributed by atoms with E-state index in [2.05, 4.69) is 10.5 Å². The molecule has 1 atom stereocenters. The molecule has 1 aromatic rings. The second-order valence-corrected chi connectivity index (χ2v) is 3.56. The second-order valence-electron chi connectivity index (χ2n) is 3.56. The van der Waals surface area contributed by atoms with E-state index in [4.69, 9.17) is 15.7 Å². The van der Waals surface area contributed by atoms with Crippen molar-refractivity contribution in [1.82, 2.24) is 0 Å². The lowest BCUT2D eigenvalue weighted by Crippen LogP contribution is -2.35.